The SMILES string of the molecule is C=COC/C(C=C)=C/C=C/N(c1ccc(C)cc1)c1ccc(-c2ccc(N(C)c3ccc(C)cc3)cc2)cc1.c1ccccc1. The van der Waals surface area contributed by atoms with Crippen LogP contribution in [-0.2, 0) is 4.74 Å². The fraction of sp³-hybridized carbons (Fsp3) is 0.0952. The van der Waals surface area contributed by atoms with Crippen LogP contribution < -0.4 is 9.80 Å². The Hall–Kier alpha value is -5.54. The second kappa shape index (κ2) is 16.9. The maximum atomic E-state index is 5.30. The average Bonchev–Trinajstić information content (AvgIpc) is 3.10. The van der Waals surface area contributed by atoms with Crippen molar-refractivity contribution in [3.63, 3.8) is 0 Å². The van der Waals surface area contributed by atoms with Crippen LogP contribution in [0.25, 0.3) is 11.1 Å². The van der Waals surface area contributed by atoms with E-state index in [0.717, 1.165) is 22.6 Å². The van der Waals surface area contributed by atoms with E-state index in [4.69, 9.17) is 4.74 Å². The first-order valence-electron chi connectivity index (χ1n) is 15.1. The molecule has 5 aromatic rings. The lowest BCUT2D eigenvalue weighted by Gasteiger charge is -2.22. The van der Waals surface area contributed by atoms with Gasteiger partial charge in [0.1, 0.15) is 6.61 Å². The fourth-order valence-electron chi connectivity index (χ4n) is 4.60. The van der Waals surface area contributed by atoms with Gasteiger partial charge in [-0.2, -0.15) is 0 Å². The minimum Gasteiger partial charge on any atom is -0.497 e. The van der Waals surface area contributed by atoms with Gasteiger partial charge >= 0.3 is 0 Å². The minimum absolute atomic E-state index is 0.441. The second-order valence-corrected chi connectivity index (χ2v) is 10.6. The Bertz CT molecular complexity index is 1640. The molecule has 0 amide bonds. The van der Waals surface area contributed by atoms with Crippen LogP contribution in [0.4, 0.5) is 22.7 Å². The highest BCUT2D eigenvalue weighted by Crippen LogP contribution is 2.31. The topological polar surface area (TPSA) is 15.7 Å². The molecule has 0 aliphatic rings. The Kier molecular flexibility index (Phi) is 12.2. The molecule has 0 radical (unpaired) electrons. The number of anilines is 4. The Morgan fingerprint density at radius 1 is 0.600 bits per heavy atom. The van der Waals surface area contributed by atoms with Gasteiger partial charge in [0.2, 0.25) is 0 Å². The first-order chi connectivity index (χ1) is 22.0. The number of hydrogen-bond donors (Lipinski definition) is 0. The van der Waals surface area contributed by atoms with Crippen molar-refractivity contribution in [1.29, 1.82) is 0 Å². The van der Waals surface area contributed by atoms with E-state index in [2.05, 4.69) is 147 Å². The van der Waals surface area contributed by atoms with E-state index in [1.54, 1.807) is 6.08 Å². The van der Waals surface area contributed by atoms with Crippen molar-refractivity contribution in [2.45, 2.75) is 13.8 Å². The lowest BCUT2D eigenvalue weighted by molar-refractivity contribution is 0.285. The molecule has 0 aliphatic carbocycles. The van der Waals surface area contributed by atoms with Crippen LogP contribution >= 0.6 is 0 Å². The van der Waals surface area contributed by atoms with Crippen LogP contribution in [0, 0.1) is 13.8 Å². The van der Waals surface area contributed by atoms with E-state index < -0.39 is 0 Å². The smallest absolute Gasteiger partial charge is 0.112 e. The highest BCUT2D eigenvalue weighted by atomic mass is 16.5. The third-order valence-corrected chi connectivity index (χ3v) is 7.31. The maximum absolute atomic E-state index is 5.30. The molecule has 0 atom stereocenters. The molecule has 0 fully saturated rings. The average molecular weight is 591 g/mol. The highest BCUT2D eigenvalue weighted by Gasteiger charge is 2.08. The van der Waals surface area contributed by atoms with E-state index in [0.29, 0.717) is 6.61 Å². The summed E-state index contributed by atoms with van der Waals surface area (Å²) in [7, 11) is 2.10. The molecule has 0 bridgehead atoms. The number of hydrogen-bond acceptors (Lipinski definition) is 3. The van der Waals surface area contributed by atoms with Gasteiger partial charge in [-0.3, -0.25) is 0 Å². The fourth-order valence-corrected chi connectivity index (χ4v) is 4.60. The summed E-state index contributed by atoms with van der Waals surface area (Å²) in [5.41, 5.74) is 10.3. The quantitative estimate of drug-likeness (QED) is 0.112. The Morgan fingerprint density at radius 2 is 1.00 bits per heavy atom. The molecule has 0 saturated carbocycles. The van der Waals surface area contributed by atoms with Crippen LogP contribution in [0.1, 0.15) is 11.1 Å². The lowest BCUT2D eigenvalue weighted by atomic mass is 10.0. The van der Waals surface area contributed by atoms with Crippen molar-refractivity contribution in [2.75, 3.05) is 23.5 Å². The predicted octanol–water partition coefficient (Wildman–Crippen LogP) is 11.3. The number of rotatable bonds is 11. The molecule has 3 heteroatoms. The summed E-state index contributed by atoms with van der Waals surface area (Å²) in [5.74, 6) is 0. The van der Waals surface area contributed by atoms with Gasteiger partial charge in [-0.15, -0.1) is 0 Å². The van der Waals surface area contributed by atoms with Gasteiger partial charge < -0.3 is 14.5 Å². The Labute approximate surface area is 269 Å². The van der Waals surface area contributed by atoms with Gasteiger partial charge in [0.25, 0.3) is 0 Å². The third kappa shape index (κ3) is 9.74. The highest BCUT2D eigenvalue weighted by molar-refractivity contribution is 5.73. The third-order valence-electron chi connectivity index (χ3n) is 7.31. The van der Waals surface area contributed by atoms with Gasteiger partial charge in [-0.1, -0.05) is 121 Å². The Balaban J connectivity index is 0.000000687. The molecule has 226 valence electrons. The molecule has 5 rings (SSSR count). The zero-order valence-electron chi connectivity index (χ0n) is 26.5. The number of benzene rings is 5. The summed E-state index contributed by atoms with van der Waals surface area (Å²) in [6.45, 7) is 12.1. The normalized spacial score (nSPS) is 10.9. The van der Waals surface area contributed by atoms with E-state index in [1.807, 2.05) is 48.6 Å². The van der Waals surface area contributed by atoms with Crippen molar-refractivity contribution >= 4 is 22.7 Å². The summed E-state index contributed by atoms with van der Waals surface area (Å²) < 4.78 is 5.30. The molecule has 0 heterocycles. The van der Waals surface area contributed by atoms with E-state index in [1.165, 1.54) is 34.2 Å². The van der Waals surface area contributed by atoms with Crippen molar-refractivity contribution in [2.24, 2.45) is 0 Å². The largest absolute Gasteiger partial charge is 0.497 e. The summed E-state index contributed by atoms with van der Waals surface area (Å²) in [4.78, 5) is 4.38. The van der Waals surface area contributed by atoms with Crippen LogP contribution in [0.2, 0.25) is 0 Å². The molecule has 0 aliphatic heterocycles. The second-order valence-electron chi connectivity index (χ2n) is 10.6. The summed E-state index contributed by atoms with van der Waals surface area (Å²) in [6.07, 6.45) is 9.31. The molecular weight excluding hydrogens is 548 g/mol. The molecule has 0 spiro atoms. The summed E-state index contributed by atoms with van der Waals surface area (Å²) >= 11 is 0. The first-order valence-corrected chi connectivity index (χ1v) is 15.1. The summed E-state index contributed by atoms with van der Waals surface area (Å²) in [6, 6.07) is 46.5. The van der Waals surface area contributed by atoms with E-state index >= 15 is 0 Å². The first kappa shape index (κ1) is 32.4. The van der Waals surface area contributed by atoms with Crippen molar-refractivity contribution < 1.29 is 4.74 Å². The maximum Gasteiger partial charge on any atom is 0.112 e. The van der Waals surface area contributed by atoms with Gasteiger partial charge in [-0.05, 0) is 85.2 Å². The van der Waals surface area contributed by atoms with Crippen LogP contribution in [-0.4, -0.2) is 13.7 Å². The molecule has 0 aromatic heterocycles. The molecule has 0 N–H and O–H groups in total. The van der Waals surface area contributed by atoms with Gasteiger partial charge in [0.15, 0.2) is 0 Å². The molecule has 0 unspecified atom stereocenters. The van der Waals surface area contributed by atoms with Crippen molar-refractivity contribution in [3.8, 4) is 11.1 Å². The van der Waals surface area contributed by atoms with Gasteiger partial charge in [0.05, 0.1) is 6.26 Å². The van der Waals surface area contributed by atoms with E-state index in [9.17, 15) is 0 Å². The number of allylic oxidation sites excluding steroid dienone is 2. The number of nitrogens with zero attached hydrogens (tertiary/aromatic N) is 2. The summed E-state index contributed by atoms with van der Waals surface area (Å²) in [5, 5.41) is 0. The lowest BCUT2D eigenvalue weighted by Crippen LogP contribution is -2.09. The number of ether oxygens (including phenoxy) is 1. The minimum atomic E-state index is 0.441. The molecule has 0 saturated heterocycles. The predicted molar refractivity (Wildman–Crippen MR) is 194 cm³/mol. The van der Waals surface area contributed by atoms with Gasteiger partial charge in [-0.25, -0.2) is 0 Å². The van der Waals surface area contributed by atoms with Crippen LogP contribution in [0.5, 0.6) is 0 Å². The molecule has 5 aromatic carbocycles. The number of aryl methyl sites for hydroxylation is 2. The Morgan fingerprint density at radius 3 is 1.42 bits per heavy atom. The monoisotopic (exact) mass is 590 g/mol. The zero-order valence-corrected chi connectivity index (χ0v) is 26.5. The molecular formula is C42H42N2O. The van der Waals surface area contributed by atoms with Crippen molar-refractivity contribution in [1.82, 2.24) is 0 Å². The molecule has 45 heavy (non-hydrogen) atoms. The standard InChI is InChI=1S/C36H36N2O.C6H6/c1-6-30(27-39-7-2)9-8-26-38(35-20-12-29(4)13-21-35)36-24-16-32(17-25-36)31-14-22-34(23-15-31)37(5)33-18-10-28(3)11-19-33;1-2-4-6-5-3-1/h6-26H,1-2,27H2,3-5H3;1-6H/b26-8+,30-9+;. The van der Waals surface area contributed by atoms with Crippen LogP contribution in [0.15, 0.2) is 183 Å². The zero-order chi connectivity index (χ0) is 31.9. The van der Waals surface area contributed by atoms with Crippen LogP contribution in [0.3, 0.4) is 0 Å². The van der Waals surface area contributed by atoms with Crippen molar-refractivity contribution in [3.05, 3.63) is 194 Å². The molecule has 3 nitrogen and oxygen atoms in total. The van der Waals surface area contributed by atoms with Gasteiger partial charge in [0, 0.05) is 36.0 Å². The van der Waals surface area contributed by atoms with E-state index in [-0.39, 0.29) is 0 Å².